The van der Waals surface area contributed by atoms with Crippen molar-refractivity contribution in [2.24, 2.45) is 28.3 Å². The highest BCUT2D eigenvalue weighted by Crippen LogP contribution is 2.32. The molecule has 1 aliphatic heterocycles. The van der Waals surface area contributed by atoms with Crippen molar-refractivity contribution in [2.75, 3.05) is 14.1 Å². The zero-order valence-corrected chi connectivity index (χ0v) is 28.6. The van der Waals surface area contributed by atoms with Crippen molar-refractivity contribution in [2.45, 2.75) is 155 Å². The molecule has 44 heavy (non-hydrogen) atoms. The first-order valence-electron chi connectivity index (χ1n) is 16.9. The first-order chi connectivity index (χ1) is 21.0. The summed E-state index contributed by atoms with van der Waals surface area (Å²) in [5.74, 6) is -0.341. The Morgan fingerprint density at radius 2 is 1.55 bits per heavy atom. The van der Waals surface area contributed by atoms with Crippen LogP contribution >= 0.6 is 0 Å². The Hall–Kier alpha value is -2.85. The van der Waals surface area contributed by atoms with Crippen LogP contribution in [0.2, 0.25) is 0 Å². The van der Waals surface area contributed by atoms with Crippen LogP contribution in [-0.4, -0.2) is 67.5 Å². The number of hydrogen-bond donors (Lipinski definition) is 4. The molecule has 0 bridgehead atoms. The quantitative estimate of drug-likeness (QED) is 0.0372. The highest BCUT2D eigenvalue weighted by molar-refractivity contribution is 5.91. The smallest absolute Gasteiger partial charge is 0.328 e. The fourth-order valence-electron chi connectivity index (χ4n) is 5.13. The summed E-state index contributed by atoms with van der Waals surface area (Å²) in [5, 5.41) is 9.32. The Labute approximate surface area is 267 Å². The average Bonchev–Trinajstić information content (AvgIpc) is 2.95. The first-order valence-corrected chi connectivity index (χ1v) is 16.9. The van der Waals surface area contributed by atoms with Gasteiger partial charge < -0.3 is 31.2 Å². The molecule has 11 heteroatoms. The van der Waals surface area contributed by atoms with Crippen molar-refractivity contribution in [1.29, 1.82) is 5.41 Å². The van der Waals surface area contributed by atoms with Gasteiger partial charge in [0, 0.05) is 20.5 Å². The molecule has 1 rings (SSSR count). The van der Waals surface area contributed by atoms with E-state index >= 15 is 0 Å². The zero-order chi connectivity index (χ0) is 33.3. The number of aliphatic imine (C=N–C) groups is 1. The molecule has 0 aromatic rings. The van der Waals surface area contributed by atoms with E-state index in [0.29, 0.717) is 19.3 Å². The number of hydrogen-bond acceptors (Lipinski definition) is 6. The normalized spacial score (nSPS) is 17.4. The number of ether oxygens (including phenoxy) is 2. The van der Waals surface area contributed by atoms with E-state index in [9.17, 15) is 14.4 Å². The highest BCUT2D eigenvalue weighted by atomic mass is 16.6. The van der Waals surface area contributed by atoms with Gasteiger partial charge in [-0.3, -0.25) is 15.0 Å². The minimum Gasteiger partial charge on any atom is -0.461 e. The van der Waals surface area contributed by atoms with E-state index in [4.69, 9.17) is 26.4 Å². The van der Waals surface area contributed by atoms with Gasteiger partial charge in [-0.25, -0.2) is 4.79 Å². The number of nitrogens with one attached hydrogen (secondary N) is 2. The standard InChI is InChI=1S/C29H53NO5.C4H11N5/c1-5-7-9-11-12-13-14-15-16-18-24(34-29(33)26(30-22-31)20-23(3)4)21-27-25(28(32)35-27)19-17-10-8-6-2;1-9(2)4(7)8-3(5)6/h22-27H,5-21H2,1-4H3,(H,30,31);1-2H3,(H5,5,6,7,8)/t24-,25-,26-,27-;/m0./s1. The predicted molar refractivity (Wildman–Crippen MR) is 178 cm³/mol. The number of carbonyl (C=O) groups excluding carboxylic acids is 3. The van der Waals surface area contributed by atoms with E-state index in [0.717, 1.165) is 38.5 Å². The van der Waals surface area contributed by atoms with E-state index in [2.05, 4.69) is 24.2 Å². The van der Waals surface area contributed by atoms with Crippen LogP contribution in [0.3, 0.4) is 0 Å². The van der Waals surface area contributed by atoms with Crippen LogP contribution in [0.15, 0.2) is 4.99 Å². The molecule has 0 aromatic carbocycles. The van der Waals surface area contributed by atoms with Crippen LogP contribution in [0.1, 0.15) is 137 Å². The minimum absolute atomic E-state index is 0.0734. The maximum Gasteiger partial charge on any atom is 0.328 e. The summed E-state index contributed by atoms with van der Waals surface area (Å²) in [7, 11) is 3.45. The van der Waals surface area contributed by atoms with Crippen molar-refractivity contribution in [3.05, 3.63) is 0 Å². The minimum atomic E-state index is -0.632. The monoisotopic (exact) mass is 624 g/mol. The Morgan fingerprint density at radius 3 is 2.00 bits per heavy atom. The van der Waals surface area contributed by atoms with Gasteiger partial charge in [0.05, 0.1) is 5.92 Å². The van der Waals surface area contributed by atoms with Crippen molar-refractivity contribution >= 4 is 30.3 Å². The van der Waals surface area contributed by atoms with Gasteiger partial charge in [0.25, 0.3) is 0 Å². The number of carbonyl (C=O) groups is 3. The molecule has 1 fully saturated rings. The molecule has 0 saturated carbocycles. The number of nitrogens with zero attached hydrogens (tertiary/aromatic N) is 2. The van der Waals surface area contributed by atoms with Gasteiger partial charge in [0.15, 0.2) is 5.96 Å². The van der Waals surface area contributed by atoms with Crippen LogP contribution in [0.5, 0.6) is 0 Å². The second-order valence-corrected chi connectivity index (χ2v) is 12.6. The Kier molecular flexibility index (Phi) is 23.8. The molecule has 1 heterocycles. The lowest BCUT2D eigenvalue weighted by Gasteiger charge is -2.37. The maximum atomic E-state index is 12.9. The highest BCUT2D eigenvalue weighted by Gasteiger charge is 2.43. The zero-order valence-electron chi connectivity index (χ0n) is 28.6. The summed E-state index contributed by atoms with van der Waals surface area (Å²) in [6, 6.07) is -0.632. The second kappa shape index (κ2) is 25.5. The van der Waals surface area contributed by atoms with E-state index in [-0.39, 0.29) is 47.9 Å². The molecule has 0 aliphatic carbocycles. The lowest BCUT2D eigenvalue weighted by Crippen LogP contribution is -2.48. The third-order valence-corrected chi connectivity index (χ3v) is 7.75. The fraction of sp³-hybridized carbons (Fsp3) is 0.848. The van der Waals surface area contributed by atoms with Gasteiger partial charge in [-0.2, -0.15) is 4.99 Å². The van der Waals surface area contributed by atoms with Crippen LogP contribution in [0.4, 0.5) is 0 Å². The van der Waals surface area contributed by atoms with Crippen LogP contribution in [0.25, 0.3) is 0 Å². The molecular weight excluding hydrogens is 560 g/mol. The molecule has 256 valence electrons. The molecule has 0 unspecified atom stereocenters. The number of nitrogens with two attached hydrogens (primary N) is 2. The second-order valence-electron chi connectivity index (χ2n) is 12.6. The number of cyclic esters (lactones) is 1. The summed E-state index contributed by atoms with van der Waals surface area (Å²) >= 11 is 0. The Morgan fingerprint density at radius 1 is 1.00 bits per heavy atom. The Bertz CT molecular complexity index is 835. The molecule has 0 radical (unpaired) electrons. The van der Waals surface area contributed by atoms with Crippen molar-refractivity contribution in [1.82, 2.24) is 10.2 Å². The van der Waals surface area contributed by atoms with Crippen LogP contribution in [0, 0.1) is 17.2 Å². The van der Waals surface area contributed by atoms with E-state index in [1.54, 1.807) is 19.0 Å². The molecular formula is C33H64N6O5. The third kappa shape index (κ3) is 20.2. The molecule has 0 aromatic heterocycles. The predicted octanol–water partition coefficient (Wildman–Crippen LogP) is 5.64. The topological polar surface area (TPSA) is 173 Å². The number of rotatable bonds is 23. The molecule has 1 aliphatic rings. The number of guanidine groups is 2. The van der Waals surface area contributed by atoms with E-state index in [1.165, 1.54) is 57.8 Å². The number of unbranched alkanes of at least 4 members (excludes halogenated alkanes) is 11. The van der Waals surface area contributed by atoms with Crippen LogP contribution < -0.4 is 16.8 Å². The Balaban J connectivity index is 0.00000177. The fourth-order valence-corrected chi connectivity index (χ4v) is 5.13. The van der Waals surface area contributed by atoms with Crippen LogP contribution in [-0.2, 0) is 23.9 Å². The van der Waals surface area contributed by atoms with Gasteiger partial charge >= 0.3 is 11.9 Å². The van der Waals surface area contributed by atoms with Crippen molar-refractivity contribution < 1.29 is 23.9 Å². The molecule has 1 amide bonds. The number of esters is 2. The van der Waals surface area contributed by atoms with Gasteiger partial charge in [-0.05, 0) is 31.6 Å². The summed E-state index contributed by atoms with van der Waals surface area (Å²) in [6.45, 7) is 8.45. The molecule has 6 N–H and O–H groups in total. The van der Waals surface area contributed by atoms with Gasteiger partial charge in [0.1, 0.15) is 18.2 Å². The summed E-state index contributed by atoms with van der Waals surface area (Å²) in [6.07, 6.45) is 18.5. The van der Waals surface area contributed by atoms with Crippen molar-refractivity contribution in [3.63, 3.8) is 0 Å². The maximum absolute atomic E-state index is 12.9. The summed E-state index contributed by atoms with van der Waals surface area (Å²) in [4.78, 5) is 41.0. The first kappa shape index (κ1) is 41.1. The van der Waals surface area contributed by atoms with E-state index < -0.39 is 6.04 Å². The molecule has 4 atom stereocenters. The largest absolute Gasteiger partial charge is 0.461 e. The van der Waals surface area contributed by atoms with Crippen molar-refractivity contribution in [3.8, 4) is 0 Å². The SMILES string of the molecule is CCCCCCCCCCC[C@@H](C[C@@H]1OC(=O)[C@H]1CCCCCC)OC(=O)[C@H](CC(C)C)NC=O.CN(C)C(N)=NC(=N)N. The molecule has 1 saturated heterocycles. The number of amides is 1. The van der Waals surface area contributed by atoms with E-state index in [1.807, 2.05) is 13.8 Å². The average molecular weight is 625 g/mol. The lowest BCUT2D eigenvalue weighted by molar-refractivity contribution is -0.190. The molecule has 11 nitrogen and oxygen atoms in total. The molecule has 0 spiro atoms. The lowest BCUT2D eigenvalue weighted by atomic mass is 9.86. The third-order valence-electron chi connectivity index (χ3n) is 7.75. The van der Waals surface area contributed by atoms with Gasteiger partial charge in [-0.15, -0.1) is 0 Å². The van der Waals surface area contributed by atoms with Gasteiger partial charge in [-0.1, -0.05) is 105 Å². The summed E-state index contributed by atoms with van der Waals surface area (Å²) in [5.41, 5.74) is 10.2. The van der Waals surface area contributed by atoms with Gasteiger partial charge in [0.2, 0.25) is 12.4 Å². The summed E-state index contributed by atoms with van der Waals surface area (Å²) < 4.78 is 11.4.